The van der Waals surface area contributed by atoms with E-state index in [0.717, 1.165) is 28.8 Å². The molecule has 0 saturated heterocycles. The molecule has 1 amide bonds. The molecule has 0 spiro atoms. The summed E-state index contributed by atoms with van der Waals surface area (Å²) in [5.74, 6) is -2.35. The fourth-order valence-electron chi connectivity index (χ4n) is 4.54. The average molecular weight is 511 g/mol. The van der Waals surface area contributed by atoms with E-state index >= 15 is 0 Å². The maximum Gasteiger partial charge on any atom is 0.326 e. The summed E-state index contributed by atoms with van der Waals surface area (Å²) < 4.78 is 41.7. The largest absolute Gasteiger partial charge is 0.333 e. The zero-order valence-corrected chi connectivity index (χ0v) is 19.9. The molecule has 4 aromatic rings. The van der Waals surface area contributed by atoms with Crippen LogP contribution < -0.4 is 5.32 Å². The molecule has 0 radical (unpaired) electrons. The summed E-state index contributed by atoms with van der Waals surface area (Å²) in [5.41, 5.74) is 3.86. The van der Waals surface area contributed by atoms with Crippen LogP contribution in [0.2, 0.25) is 5.02 Å². The third kappa shape index (κ3) is 5.01. The normalized spacial score (nSPS) is 13.9. The van der Waals surface area contributed by atoms with Crippen molar-refractivity contribution >= 4 is 34.6 Å². The van der Waals surface area contributed by atoms with Crippen LogP contribution in [0, 0.1) is 17.6 Å². The Hall–Kier alpha value is -3.62. The molecule has 0 aliphatic carbocycles. The summed E-state index contributed by atoms with van der Waals surface area (Å²) >= 11 is 6.26. The topological polar surface area (TPSA) is 50.2 Å². The Morgan fingerprint density at radius 2 is 1.94 bits per heavy atom. The van der Waals surface area contributed by atoms with Crippen LogP contribution in [-0.4, -0.2) is 33.6 Å². The Bertz CT molecular complexity index is 1480. The van der Waals surface area contributed by atoms with Gasteiger partial charge >= 0.3 is 6.03 Å². The molecule has 2 aromatic carbocycles. The fraction of sp³-hybridized carbons (Fsp3) is 0.185. The second-order valence-electron chi connectivity index (χ2n) is 8.63. The summed E-state index contributed by atoms with van der Waals surface area (Å²) in [7, 11) is 0. The van der Waals surface area contributed by atoms with Gasteiger partial charge in [0.1, 0.15) is 0 Å². The summed E-state index contributed by atoms with van der Waals surface area (Å²) in [6.45, 7) is 2.10. The van der Waals surface area contributed by atoms with Crippen LogP contribution in [0.4, 0.5) is 18.0 Å². The smallest absolute Gasteiger partial charge is 0.326 e. The van der Waals surface area contributed by atoms with Gasteiger partial charge < -0.3 is 5.32 Å². The van der Waals surface area contributed by atoms with E-state index < -0.39 is 17.6 Å². The number of hydrogen-bond donors (Lipinski definition) is 1. The number of amides is 1. The number of nitrogens with one attached hydrogen (secondary N) is 1. The molecule has 0 unspecified atom stereocenters. The standard InChI is InChI=1S/C27H22ClF3N4O/c28-19-4-5-20-21-16-34(10-1-2-17-3-6-22(29)23(30)12-17)11-8-24(21)35(25(20)14-19)27(36)33-15-18-7-9-32-26(31)13-18/h1-7,9,12-14H,8,10-11,15-16H2,(H,33,36). The lowest BCUT2D eigenvalue weighted by Crippen LogP contribution is -2.34. The average Bonchev–Trinajstić information content (AvgIpc) is 3.17. The van der Waals surface area contributed by atoms with Crippen molar-refractivity contribution in [1.29, 1.82) is 0 Å². The van der Waals surface area contributed by atoms with Crippen molar-refractivity contribution in [3.8, 4) is 0 Å². The fourth-order valence-corrected chi connectivity index (χ4v) is 4.70. The van der Waals surface area contributed by atoms with E-state index in [2.05, 4.69) is 15.2 Å². The summed E-state index contributed by atoms with van der Waals surface area (Å²) in [6.07, 6.45) is 5.67. The summed E-state index contributed by atoms with van der Waals surface area (Å²) in [5, 5.41) is 4.33. The summed E-state index contributed by atoms with van der Waals surface area (Å²) in [4.78, 5) is 19.0. The number of rotatable bonds is 5. The minimum atomic E-state index is -0.876. The SMILES string of the molecule is O=C(NCc1ccnc(F)c1)n1c2c(c3ccc(Cl)cc31)CN(CC=Cc1ccc(F)c(F)c1)CC2. The van der Waals surface area contributed by atoms with Gasteiger partial charge in [-0.25, -0.2) is 18.6 Å². The molecule has 36 heavy (non-hydrogen) atoms. The van der Waals surface area contributed by atoms with E-state index in [1.165, 1.54) is 18.3 Å². The van der Waals surface area contributed by atoms with Gasteiger partial charge in [-0.2, -0.15) is 4.39 Å². The van der Waals surface area contributed by atoms with Crippen LogP contribution in [0.15, 0.2) is 60.8 Å². The third-order valence-electron chi connectivity index (χ3n) is 6.25. The van der Waals surface area contributed by atoms with Crippen molar-refractivity contribution in [3.05, 3.63) is 106 Å². The van der Waals surface area contributed by atoms with Crippen molar-refractivity contribution in [3.63, 3.8) is 0 Å². The Labute approximate surface area is 210 Å². The molecule has 3 heterocycles. The molecule has 0 bridgehead atoms. The summed E-state index contributed by atoms with van der Waals surface area (Å²) in [6, 6.07) is 11.9. The number of pyridine rings is 1. The van der Waals surface area contributed by atoms with E-state index in [0.29, 0.717) is 47.7 Å². The van der Waals surface area contributed by atoms with Gasteiger partial charge in [0.2, 0.25) is 5.95 Å². The molecule has 0 saturated carbocycles. The van der Waals surface area contributed by atoms with Crippen molar-refractivity contribution < 1.29 is 18.0 Å². The van der Waals surface area contributed by atoms with Gasteiger partial charge in [-0.1, -0.05) is 35.9 Å². The lowest BCUT2D eigenvalue weighted by atomic mass is 10.0. The number of hydrogen-bond acceptors (Lipinski definition) is 3. The highest BCUT2D eigenvalue weighted by molar-refractivity contribution is 6.31. The molecule has 5 rings (SSSR count). The first-order valence-corrected chi connectivity index (χ1v) is 11.8. The number of benzene rings is 2. The highest BCUT2D eigenvalue weighted by Crippen LogP contribution is 2.32. The van der Waals surface area contributed by atoms with Crippen LogP contribution in [0.5, 0.6) is 0 Å². The molecule has 1 aliphatic heterocycles. The van der Waals surface area contributed by atoms with E-state index in [1.54, 1.807) is 28.8 Å². The molecule has 1 N–H and O–H groups in total. The van der Waals surface area contributed by atoms with Crippen LogP contribution in [0.3, 0.4) is 0 Å². The van der Waals surface area contributed by atoms with E-state index in [4.69, 9.17) is 11.6 Å². The molecule has 9 heteroatoms. The maximum absolute atomic E-state index is 13.5. The molecule has 184 valence electrons. The molecule has 5 nitrogen and oxygen atoms in total. The number of nitrogens with zero attached hydrogens (tertiary/aromatic N) is 3. The predicted octanol–water partition coefficient (Wildman–Crippen LogP) is 5.94. The Morgan fingerprint density at radius 1 is 1.08 bits per heavy atom. The first kappa shape index (κ1) is 24.1. The van der Waals surface area contributed by atoms with Gasteiger partial charge in [0.05, 0.1) is 5.52 Å². The predicted molar refractivity (Wildman–Crippen MR) is 133 cm³/mol. The van der Waals surface area contributed by atoms with Gasteiger partial charge in [-0.3, -0.25) is 9.47 Å². The van der Waals surface area contributed by atoms with Crippen molar-refractivity contribution in [2.75, 3.05) is 13.1 Å². The van der Waals surface area contributed by atoms with E-state index in [9.17, 15) is 18.0 Å². The van der Waals surface area contributed by atoms with Gasteiger partial charge in [0.25, 0.3) is 0 Å². The van der Waals surface area contributed by atoms with Gasteiger partial charge in [-0.15, -0.1) is 0 Å². The zero-order valence-electron chi connectivity index (χ0n) is 19.1. The maximum atomic E-state index is 13.5. The minimum Gasteiger partial charge on any atom is -0.333 e. The van der Waals surface area contributed by atoms with E-state index in [-0.39, 0.29) is 12.6 Å². The molecule has 0 atom stereocenters. The highest BCUT2D eigenvalue weighted by atomic mass is 35.5. The quantitative estimate of drug-likeness (QED) is 0.338. The van der Waals surface area contributed by atoms with Crippen molar-refractivity contribution in [2.24, 2.45) is 0 Å². The second-order valence-corrected chi connectivity index (χ2v) is 9.07. The Morgan fingerprint density at radius 3 is 2.75 bits per heavy atom. The zero-order chi connectivity index (χ0) is 25.2. The number of carbonyl (C=O) groups is 1. The van der Waals surface area contributed by atoms with E-state index in [1.807, 2.05) is 12.1 Å². The minimum absolute atomic E-state index is 0.161. The lowest BCUT2D eigenvalue weighted by molar-refractivity contribution is 0.240. The molecular weight excluding hydrogens is 489 g/mol. The van der Waals surface area contributed by atoms with Crippen LogP contribution in [0.25, 0.3) is 17.0 Å². The molecular formula is C27H22ClF3N4O. The highest BCUT2D eigenvalue weighted by Gasteiger charge is 2.26. The third-order valence-corrected chi connectivity index (χ3v) is 6.48. The van der Waals surface area contributed by atoms with Gasteiger partial charge in [-0.05, 0) is 53.1 Å². The first-order valence-electron chi connectivity index (χ1n) is 11.4. The molecule has 1 aliphatic rings. The second kappa shape index (κ2) is 10.2. The van der Waals surface area contributed by atoms with Crippen molar-refractivity contribution in [2.45, 2.75) is 19.5 Å². The first-order chi connectivity index (χ1) is 17.4. The lowest BCUT2D eigenvalue weighted by Gasteiger charge is -2.27. The Balaban J connectivity index is 1.36. The van der Waals surface area contributed by atoms with Gasteiger partial charge in [0.15, 0.2) is 11.6 Å². The van der Waals surface area contributed by atoms with Crippen molar-refractivity contribution in [1.82, 2.24) is 19.8 Å². The number of halogens is 4. The van der Waals surface area contributed by atoms with Crippen LogP contribution >= 0.6 is 11.6 Å². The number of fused-ring (bicyclic) bond motifs is 3. The van der Waals surface area contributed by atoms with Crippen LogP contribution in [-0.2, 0) is 19.5 Å². The molecule has 0 fully saturated rings. The Kier molecular flexibility index (Phi) is 6.80. The van der Waals surface area contributed by atoms with Crippen LogP contribution in [0.1, 0.15) is 22.4 Å². The molecule has 2 aromatic heterocycles. The monoisotopic (exact) mass is 510 g/mol. The number of aromatic nitrogens is 2. The number of carbonyl (C=O) groups excluding carboxylic acids is 1. The van der Waals surface area contributed by atoms with Gasteiger partial charge in [0, 0.05) is 54.9 Å².